The summed E-state index contributed by atoms with van der Waals surface area (Å²) in [5.74, 6) is 0. The molecule has 0 aromatic carbocycles. The van der Waals surface area contributed by atoms with Crippen molar-refractivity contribution in [3.63, 3.8) is 0 Å². The van der Waals surface area contributed by atoms with Crippen LogP contribution in [0.2, 0.25) is 0 Å². The van der Waals surface area contributed by atoms with E-state index in [1.54, 1.807) is 0 Å². The summed E-state index contributed by atoms with van der Waals surface area (Å²) in [5, 5.41) is 0. The summed E-state index contributed by atoms with van der Waals surface area (Å²) in [6.45, 7) is 13.9. The molecule has 0 bridgehead atoms. The summed E-state index contributed by atoms with van der Waals surface area (Å²) >= 11 is 5.10. The third-order valence-electron chi connectivity index (χ3n) is 3.95. The highest BCUT2D eigenvalue weighted by atomic mass is 32.1. The lowest BCUT2D eigenvalue weighted by Gasteiger charge is -2.35. The first kappa shape index (κ1) is 15.9. The van der Waals surface area contributed by atoms with Crippen LogP contribution in [0.25, 0.3) is 0 Å². The maximum Gasteiger partial charge on any atom is 0.0784 e. The molecular formula is C14H29N3S. The minimum atomic E-state index is 0.0133. The van der Waals surface area contributed by atoms with Gasteiger partial charge in [0.2, 0.25) is 0 Å². The Kier molecular flexibility index (Phi) is 6.53. The molecule has 0 saturated carbocycles. The van der Waals surface area contributed by atoms with Crippen molar-refractivity contribution in [2.45, 2.75) is 40.0 Å². The SMILES string of the molecule is CCCN1CCN(CCCC(C)(C)C(N)=S)CC1. The highest BCUT2D eigenvalue weighted by Crippen LogP contribution is 2.22. The summed E-state index contributed by atoms with van der Waals surface area (Å²) in [7, 11) is 0. The van der Waals surface area contributed by atoms with Crippen molar-refractivity contribution in [3.8, 4) is 0 Å². The van der Waals surface area contributed by atoms with Crippen LogP contribution in [0.3, 0.4) is 0 Å². The first-order valence-electron chi connectivity index (χ1n) is 7.20. The molecule has 0 aromatic rings. The van der Waals surface area contributed by atoms with Crippen LogP contribution in [-0.4, -0.2) is 54.1 Å². The van der Waals surface area contributed by atoms with E-state index in [4.69, 9.17) is 18.0 Å². The molecule has 3 nitrogen and oxygen atoms in total. The zero-order valence-corrected chi connectivity index (χ0v) is 13.1. The lowest BCUT2D eigenvalue weighted by molar-refractivity contribution is 0.129. The van der Waals surface area contributed by atoms with Gasteiger partial charge in [0.1, 0.15) is 0 Å². The fourth-order valence-electron chi connectivity index (χ4n) is 2.42. The van der Waals surface area contributed by atoms with E-state index in [0.717, 1.165) is 6.42 Å². The molecule has 1 rings (SSSR count). The molecule has 1 heterocycles. The molecule has 0 amide bonds. The number of hydrogen-bond acceptors (Lipinski definition) is 3. The molecule has 2 N–H and O–H groups in total. The lowest BCUT2D eigenvalue weighted by atomic mass is 9.88. The zero-order valence-electron chi connectivity index (χ0n) is 12.2. The number of rotatable bonds is 7. The number of thiocarbonyl (C=S) groups is 1. The molecule has 1 aliphatic rings. The molecule has 0 aliphatic carbocycles. The second-order valence-electron chi connectivity index (χ2n) is 6.03. The molecule has 1 fully saturated rings. The van der Waals surface area contributed by atoms with Crippen molar-refractivity contribution >= 4 is 17.2 Å². The van der Waals surface area contributed by atoms with Crippen LogP contribution in [0.15, 0.2) is 0 Å². The van der Waals surface area contributed by atoms with Gasteiger partial charge in [-0.2, -0.15) is 0 Å². The topological polar surface area (TPSA) is 32.5 Å². The fourth-order valence-corrected chi connectivity index (χ4v) is 2.52. The second kappa shape index (κ2) is 7.41. The first-order valence-corrected chi connectivity index (χ1v) is 7.61. The van der Waals surface area contributed by atoms with E-state index in [0.29, 0.717) is 4.99 Å². The van der Waals surface area contributed by atoms with Gasteiger partial charge in [-0.25, -0.2) is 0 Å². The normalized spacial score (nSPS) is 19.1. The molecule has 18 heavy (non-hydrogen) atoms. The van der Waals surface area contributed by atoms with Gasteiger partial charge in [-0.05, 0) is 32.4 Å². The summed E-state index contributed by atoms with van der Waals surface area (Å²) in [4.78, 5) is 5.78. The second-order valence-corrected chi connectivity index (χ2v) is 6.47. The number of nitrogens with zero attached hydrogens (tertiary/aromatic N) is 2. The van der Waals surface area contributed by atoms with Crippen molar-refractivity contribution in [2.24, 2.45) is 11.1 Å². The Hall–Kier alpha value is -0.190. The Morgan fingerprint density at radius 3 is 2.06 bits per heavy atom. The molecular weight excluding hydrogens is 242 g/mol. The molecule has 0 aromatic heterocycles. The minimum Gasteiger partial charge on any atom is -0.393 e. The van der Waals surface area contributed by atoms with Crippen molar-refractivity contribution in [1.82, 2.24) is 9.80 Å². The fraction of sp³-hybridized carbons (Fsp3) is 0.929. The van der Waals surface area contributed by atoms with Crippen molar-refractivity contribution in [1.29, 1.82) is 0 Å². The molecule has 1 saturated heterocycles. The predicted octanol–water partition coefficient (Wildman–Crippen LogP) is 2.11. The number of hydrogen-bond donors (Lipinski definition) is 1. The van der Waals surface area contributed by atoms with Gasteiger partial charge in [-0.1, -0.05) is 33.0 Å². The van der Waals surface area contributed by atoms with E-state index in [1.165, 1.54) is 52.1 Å². The van der Waals surface area contributed by atoms with Gasteiger partial charge in [0, 0.05) is 31.6 Å². The van der Waals surface area contributed by atoms with Gasteiger partial charge in [-0.3, -0.25) is 0 Å². The maximum absolute atomic E-state index is 5.75. The van der Waals surface area contributed by atoms with Crippen LogP contribution in [0, 0.1) is 5.41 Å². The van der Waals surface area contributed by atoms with Gasteiger partial charge in [0.05, 0.1) is 4.99 Å². The van der Waals surface area contributed by atoms with E-state index in [9.17, 15) is 0 Å². The summed E-state index contributed by atoms with van der Waals surface area (Å²) in [6, 6.07) is 0. The van der Waals surface area contributed by atoms with E-state index in [2.05, 4.69) is 30.6 Å². The van der Waals surface area contributed by atoms with Crippen LogP contribution in [0.1, 0.15) is 40.0 Å². The Morgan fingerprint density at radius 2 is 1.61 bits per heavy atom. The minimum absolute atomic E-state index is 0.0133. The predicted molar refractivity (Wildman–Crippen MR) is 83.0 cm³/mol. The quantitative estimate of drug-likeness (QED) is 0.719. The standard InChI is InChI=1S/C14H29N3S/c1-4-7-16-9-11-17(12-10-16)8-5-6-14(2,3)13(15)18/h4-12H2,1-3H3,(H2,15,18). The molecule has 0 radical (unpaired) electrons. The third kappa shape index (κ3) is 5.21. The molecule has 106 valence electrons. The number of nitrogens with two attached hydrogens (primary N) is 1. The van der Waals surface area contributed by atoms with Gasteiger partial charge in [0.25, 0.3) is 0 Å². The lowest BCUT2D eigenvalue weighted by Crippen LogP contribution is -2.46. The smallest absolute Gasteiger partial charge is 0.0784 e. The largest absolute Gasteiger partial charge is 0.393 e. The van der Waals surface area contributed by atoms with E-state index >= 15 is 0 Å². The van der Waals surface area contributed by atoms with E-state index < -0.39 is 0 Å². The average Bonchev–Trinajstić information content (AvgIpc) is 2.31. The van der Waals surface area contributed by atoms with E-state index in [-0.39, 0.29) is 5.41 Å². The van der Waals surface area contributed by atoms with Crippen LogP contribution >= 0.6 is 12.2 Å². The first-order chi connectivity index (χ1) is 8.45. The average molecular weight is 271 g/mol. The van der Waals surface area contributed by atoms with Crippen LogP contribution < -0.4 is 5.73 Å². The molecule has 0 spiro atoms. The van der Waals surface area contributed by atoms with Crippen LogP contribution in [-0.2, 0) is 0 Å². The van der Waals surface area contributed by atoms with E-state index in [1.807, 2.05) is 0 Å². The van der Waals surface area contributed by atoms with Gasteiger partial charge >= 0.3 is 0 Å². The monoisotopic (exact) mass is 271 g/mol. The molecule has 4 heteroatoms. The molecule has 1 aliphatic heterocycles. The zero-order chi connectivity index (χ0) is 13.6. The Bertz CT molecular complexity index is 258. The third-order valence-corrected chi connectivity index (χ3v) is 4.50. The maximum atomic E-state index is 5.75. The highest BCUT2D eigenvalue weighted by molar-refractivity contribution is 7.80. The summed E-state index contributed by atoms with van der Waals surface area (Å²) < 4.78 is 0. The van der Waals surface area contributed by atoms with Gasteiger partial charge in [0.15, 0.2) is 0 Å². The Morgan fingerprint density at radius 1 is 1.11 bits per heavy atom. The Balaban J connectivity index is 2.16. The number of piperazine rings is 1. The Labute approximate surface area is 118 Å². The van der Waals surface area contributed by atoms with Crippen molar-refractivity contribution in [3.05, 3.63) is 0 Å². The van der Waals surface area contributed by atoms with Crippen molar-refractivity contribution in [2.75, 3.05) is 39.3 Å². The van der Waals surface area contributed by atoms with Crippen LogP contribution in [0.5, 0.6) is 0 Å². The van der Waals surface area contributed by atoms with Crippen molar-refractivity contribution < 1.29 is 0 Å². The molecule has 0 unspecified atom stereocenters. The molecule has 0 atom stereocenters. The summed E-state index contributed by atoms with van der Waals surface area (Å²) in [5.41, 5.74) is 5.77. The highest BCUT2D eigenvalue weighted by Gasteiger charge is 2.22. The van der Waals surface area contributed by atoms with Gasteiger partial charge < -0.3 is 15.5 Å². The summed E-state index contributed by atoms with van der Waals surface area (Å²) in [6.07, 6.45) is 3.55. The van der Waals surface area contributed by atoms with Gasteiger partial charge in [-0.15, -0.1) is 0 Å². The van der Waals surface area contributed by atoms with Crippen LogP contribution in [0.4, 0.5) is 0 Å².